The van der Waals surface area contributed by atoms with Gasteiger partial charge in [-0.2, -0.15) is 0 Å². The van der Waals surface area contributed by atoms with Gasteiger partial charge in [-0.15, -0.1) is 0 Å². The first-order valence-electron chi connectivity index (χ1n) is 9.15. The van der Waals surface area contributed by atoms with Crippen LogP contribution in [-0.2, 0) is 0 Å². The lowest BCUT2D eigenvalue weighted by Crippen LogP contribution is -2.30. The predicted octanol–water partition coefficient (Wildman–Crippen LogP) is 3.95. The van der Waals surface area contributed by atoms with Gasteiger partial charge in [-0.05, 0) is 54.4 Å². The van der Waals surface area contributed by atoms with Crippen molar-refractivity contribution >= 4 is 22.7 Å². The van der Waals surface area contributed by atoms with Crippen LogP contribution in [0.15, 0.2) is 76.1 Å². The second-order valence-corrected chi connectivity index (χ2v) is 7.03. The van der Waals surface area contributed by atoms with Crippen LogP contribution in [0.5, 0.6) is 5.75 Å². The molecular weight excluding hydrogens is 368 g/mol. The Morgan fingerprint density at radius 3 is 2.55 bits per heavy atom. The Morgan fingerprint density at radius 1 is 1.03 bits per heavy atom. The molecule has 1 aliphatic heterocycles. The number of aromatic hydroxyl groups is 1. The van der Waals surface area contributed by atoms with Gasteiger partial charge in [-0.25, -0.2) is 4.98 Å². The fraction of sp³-hybridized carbons (Fsp3) is 0.0870. The van der Waals surface area contributed by atoms with Gasteiger partial charge in [0.2, 0.25) is 5.76 Å². The molecule has 6 heteroatoms. The van der Waals surface area contributed by atoms with Crippen LogP contribution in [-0.4, -0.2) is 16.0 Å². The molecular formula is C23H16N2O4. The molecule has 0 saturated carbocycles. The number of para-hydroxylation sites is 1. The van der Waals surface area contributed by atoms with E-state index in [4.69, 9.17) is 4.42 Å². The van der Waals surface area contributed by atoms with E-state index in [0.717, 1.165) is 5.56 Å². The molecule has 0 fully saturated rings. The highest BCUT2D eigenvalue weighted by Crippen LogP contribution is 2.40. The molecule has 0 saturated heterocycles. The third-order valence-electron chi connectivity index (χ3n) is 5.13. The summed E-state index contributed by atoms with van der Waals surface area (Å²) >= 11 is 0. The van der Waals surface area contributed by atoms with Crippen molar-refractivity contribution in [3.05, 3.63) is 99.5 Å². The van der Waals surface area contributed by atoms with Crippen molar-refractivity contribution in [2.24, 2.45) is 0 Å². The second kappa shape index (κ2) is 6.31. The number of hydrogen-bond acceptors (Lipinski definition) is 5. The summed E-state index contributed by atoms with van der Waals surface area (Å²) in [6.07, 6.45) is 1.63. The highest BCUT2D eigenvalue weighted by atomic mass is 16.3. The van der Waals surface area contributed by atoms with Crippen molar-refractivity contribution in [3.63, 3.8) is 0 Å². The highest BCUT2D eigenvalue weighted by molar-refractivity contribution is 6.10. The minimum Gasteiger partial charge on any atom is -0.508 e. The summed E-state index contributed by atoms with van der Waals surface area (Å²) in [6, 6.07) is 16.3. The number of amides is 1. The summed E-state index contributed by atoms with van der Waals surface area (Å²) in [5, 5.41) is 10.1. The standard InChI is InChI=1S/C23H16N2O4/c1-13-10-11-24-18(12-13)25-20(14-6-8-15(26)9-7-14)19-21(27)16-4-2-3-5-17(16)29-22(19)23(25)28/h2-12,20,26H,1H3/t20-/m1/s1. The van der Waals surface area contributed by atoms with Gasteiger partial charge in [0, 0.05) is 6.20 Å². The van der Waals surface area contributed by atoms with Gasteiger partial charge in [-0.1, -0.05) is 24.3 Å². The SMILES string of the molecule is Cc1ccnc(N2C(=O)c3oc4ccccc4c(=O)c3[C@H]2c2ccc(O)cc2)c1. The highest BCUT2D eigenvalue weighted by Gasteiger charge is 2.44. The quantitative estimate of drug-likeness (QED) is 0.566. The number of hydrogen-bond donors (Lipinski definition) is 1. The van der Waals surface area contributed by atoms with Crippen molar-refractivity contribution < 1.29 is 14.3 Å². The number of fused-ring (bicyclic) bond motifs is 2. The molecule has 1 N–H and O–H groups in total. The maximum atomic E-state index is 13.4. The molecule has 1 atom stereocenters. The van der Waals surface area contributed by atoms with E-state index in [1.54, 1.807) is 48.7 Å². The molecule has 29 heavy (non-hydrogen) atoms. The van der Waals surface area contributed by atoms with E-state index in [0.29, 0.717) is 22.4 Å². The molecule has 3 heterocycles. The molecule has 0 aliphatic carbocycles. The number of rotatable bonds is 2. The van der Waals surface area contributed by atoms with Gasteiger partial charge in [-0.3, -0.25) is 14.5 Å². The average molecular weight is 384 g/mol. The smallest absolute Gasteiger partial charge is 0.296 e. The lowest BCUT2D eigenvalue weighted by molar-refractivity contribution is 0.0970. The van der Waals surface area contributed by atoms with E-state index >= 15 is 0 Å². The first kappa shape index (κ1) is 17.2. The fourth-order valence-electron chi connectivity index (χ4n) is 3.78. The minimum absolute atomic E-state index is 0.0232. The van der Waals surface area contributed by atoms with E-state index in [-0.39, 0.29) is 22.5 Å². The largest absolute Gasteiger partial charge is 0.508 e. The zero-order chi connectivity index (χ0) is 20.1. The number of phenolic OH excluding ortho intramolecular Hbond substituents is 1. The van der Waals surface area contributed by atoms with Gasteiger partial charge < -0.3 is 9.52 Å². The average Bonchev–Trinajstić information content (AvgIpc) is 3.02. The van der Waals surface area contributed by atoms with Crippen molar-refractivity contribution in [1.29, 1.82) is 0 Å². The van der Waals surface area contributed by atoms with Gasteiger partial charge in [0.25, 0.3) is 5.91 Å². The Kier molecular flexibility index (Phi) is 3.74. The number of carbonyl (C=O) groups is 1. The molecule has 2 aromatic heterocycles. The lowest BCUT2D eigenvalue weighted by atomic mass is 9.98. The van der Waals surface area contributed by atoms with Crippen LogP contribution in [0.2, 0.25) is 0 Å². The Morgan fingerprint density at radius 2 is 1.79 bits per heavy atom. The molecule has 0 unspecified atom stereocenters. The summed E-state index contributed by atoms with van der Waals surface area (Å²) in [5.74, 6) is 0.140. The number of anilines is 1. The maximum Gasteiger partial charge on any atom is 0.296 e. The van der Waals surface area contributed by atoms with E-state index in [9.17, 15) is 14.7 Å². The normalized spacial score (nSPS) is 15.7. The number of aromatic nitrogens is 1. The molecule has 2 aromatic carbocycles. The minimum atomic E-state index is -0.701. The van der Waals surface area contributed by atoms with Gasteiger partial charge >= 0.3 is 0 Å². The predicted molar refractivity (Wildman–Crippen MR) is 108 cm³/mol. The van der Waals surface area contributed by atoms with E-state index in [2.05, 4.69) is 4.98 Å². The van der Waals surface area contributed by atoms with Crippen LogP contribution in [0.25, 0.3) is 11.0 Å². The molecule has 1 aliphatic rings. The number of pyridine rings is 1. The van der Waals surface area contributed by atoms with Gasteiger partial charge in [0.15, 0.2) is 5.43 Å². The second-order valence-electron chi connectivity index (χ2n) is 7.03. The zero-order valence-electron chi connectivity index (χ0n) is 15.5. The third kappa shape index (κ3) is 2.61. The van der Waals surface area contributed by atoms with Gasteiger partial charge in [0.1, 0.15) is 17.2 Å². The monoisotopic (exact) mass is 384 g/mol. The summed E-state index contributed by atoms with van der Waals surface area (Å²) in [7, 11) is 0. The summed E-state index contributed by atoms with van der Waals surface area (Å²) in [6.45, 7) is 1.91. The first-order chi connectivity index (χ1) is 14.0. The van der Waals surface area contributed by atoms with Crippen LogP contribution in [0.3, 0.4) is 0 Å². The Hall–Kier alpha value is -3.93. The molecule has 0 radical (unpaired) electrons. The molecule has 0 bridgehead atoms. The lowest BCUT2D eigenvalue weighted by Gasteiger charge is -2.24. The maximum absolute atomic E-state index is 13.4. The third-order valence-corrected chi connectivity index (χ3v) is 5.13. The number of aryl methyl sites for hydroxylation is 1. The number of benzene rings is 2. The van der Waals surface area contributed by atoms with Crippen LogP contribution < -0.4 is 10.3 Å². The molecule has 0 spiro atoms. The van der Waals surface area contributed by atoms with E-state index < -0.39 is 11.9 Å². The van der Waals surface area contributed by atoms with Crippen molar-refractivity contribution in [1.82, 2.24) is 4.98 Å². The van der Waals surface area contributed by atoms with Gasteiger partial charge in [0.05, 0.1) is 17.0 Å². The fourth-order valence-corrected chi connectivity index (χ4v) is 3.78. The summed E-state index contributed by atoms with van der Waals surface area (Å²) < 4.78 is 5.89. The van der Waals surface area contributed by atoms with Crippen LogP contribution in [0, 0.1) is 6.92 Å². The Labute approximate surface area is 165 Å². The first-order valence-corrected chi connectivity index (χ1v) is 9.15. The molecule has 4 aromatic rings. The van der Waals surface area contributed by atoms with Crippen LogP contribution in [0.1, 0.15) is 33.3 Å². The molecule has 6 nitrogen and oxygen atoms in total. The Balaban J connectivity index is 1.82. The van der Waals surface area contributed by atoms with Crippen molar-refractivity contribution in [2.75, 3.05) is 4.90 Å². The number of carbonyl (C=O) groups excluding carboxylic acids is 1. The number of nitrogens with zero attached hydrogens (tertiary/aromatic N) is 2. The molecule has 5 rings (SSSR count). The number of phenols is 1. The van der Waals surface area contributed by atoms with Crippen LogP contribution >= 0.6 is 0 Å². The van der Waals surface area contributed by atoms with E-state index in [1.165, 1.54) is 17.0 Å². The zero-order valence-corrected chi connectivity index (χ0v) is 15.5. The topological polar surface area (TPSA) is 83.6 Å². The molecule has 142 valence electrons. The van der Waals surface area contributed by atoms with Crippen LogP contribution in [0.4, 0.5) is 5.82 Å². The van der Waals surface area contributed by atoms with Crippen molar-refractivity contribution in [2.45, 2.75) is 13.0 Å². The summed E-state index contributed by atoms with van der Waals surface area (Å²) in [4.78, 5) is 32.6. The molecule has 1 amide bonds. The summed E-state index contributed by atoms with van der Waals surface area (Å²) in [5.41, 5.74) is 2.02. The van der Waals surface area contributed by atoms with Crippen molar-refractivity contribution in [3.8, 4) is 5.75 Å². The Bertz CT molecular complexity index is 1330. The van der Waals surface area contributed by atoms with E-state index in [1.807, 2.05) is 13.0 Å².